The molecule has 0 radical (unpaired) electrons. The number of nitrogen functional groups attached to an aromatic ring is 1. The predicted molar refractivity (Wildman–Crippen MR) is 63.5 cm³/mol. The Labute approximate surface area is 89.3 Å². The van der Waals surface area contributed by atoms with Crippen LogP contribution in [0.1, 0.15) is 19.0 Å². The first-order valence-electron chi connectivity index (χ1n) is 5.20. The Kier molecular flexibility index (Phi) is 2.83. The van der Waals surface area contributed by atoms with Gasteiger partial charge in [0.25, 0.3) is 0 Å². The van der Waals surface area contributed by atoms with Crippen LogP contribution in [0.5, 0.6) is 0 Å². The van der Waals surface area contributed by atoms with Crippen molar-refractivity contribution in [2.45, 2.75) is 19.8 Å². The highest BCUT2D eigenvalue weighted by Crippen LogP contribution is 2.22. The van der Waals surface area contributed by atoms with Crippen LogP contribution in [0, 0.1) is 0 Å². The molecule has 2 aromatic rings. The fourth-order valence-electron chi connectivity index (χ4n) is 1.73. The van der Waals surface area contributed by atoms with Crippen LogP contribution in [-0.2, 0) is 6.42 Å². The summed E-state index contributed by atoms with van der Waals surface area (Å²) in [7, 11) is 0. The fraction of sp³-hybridized carbons (Fsp3) is 0.250. The van der Waals surface area contributed by atoms with Gasteiger partial charge < -0.3 is 5.43 Å². The molecule has 1 aromatic heterocycles. The topological polar surface area (TPSA) is 50.9 Å². The molecule has 0 saturated carbocycles. The van der Waals surface area contributed by atoms with Crippen LogP contribution in [-0.4, -0.2) is 4.98 Å². The smallest absolute Gasteiger partial charge is 0.0726 e. The lowest BCUT2D eigenvalue weighted by atomic mass is 10.1. The van der Waals surface area contributed by atoms with Crippen molar-refractivity contribution in [3.8, 4) is 0 Å². The van der Waals surface area contributed by atoms with Gasteiger partial charge >= 0.3 is 0 Å². The Balaban J connectivity index is 2.60. The number of hydrogen-bond acceptors (Lipinski definition) is 3. The Bertz CT molecular complexity index is 465. The van der Waals surface area contributed by atoms with Gasteiger partial charge in [-0.3, -0.25) is 10.8 Å². The minimum atomic E-state index is 0.948. The zero-order valence-corrected chi connectivity index (χ0v) is 8.83. The minimum Gasteiger partial charge on any atom is -0.323 e. The number of aryl methyl sites for hydroxylation is 1. The molecule has 0 atom stereocenters. The van der Waals surface area contributed by atoms with Crippen LogP contribution in [0.3, 0.4) is 0 Å². The predicted octanol–water partition coefficient (Wildman–Crippen LogP) is 2.47. The van der Waals surface area contributed by atoms with Crippen LogP contribution in [0.15, 0.2) is 30.3 Å². The number of pyridine rings is 1. The molecule has 3 nitrogen and oxygen atoms in total. The highest BCUT2D eigenvalue weighted by Gasteiger charge is 2.03. The number of nitrogens with one attached hydrogen (secondary N) is 1. The van der Waals surface area contributed by atoms with Crippen molar-refractivity contribution >= 4 is 16.6 Å². The lowest BCUT2D eigenvalue weighted by Crippen LogP contribution is -2.08. The zero-order chi connectivity index (χ0) is 10.7. The van der Waals surface area contributed by atoms with Crippen molar-refractivity contribution in [3.63, 3.8) is 0 Å². The number of fused-ring (bicyclic) bond motifs is 1. The van der Waals surface area contributed by atoms with E-state index in [1.54, 1.807) is 0 Å². The second kappa shape index (κ2) is 4.28. The van der Waals surface area contributed by atoms with Gasteiger partial charge in [0.15, 0.2) is 0 Å². The van der Waals surface area contributed by atoms with Crippen LogP contribution in [0.25, 0.3) is 10.9 Å². The van der Waals surface area contributed by atoms with Gasteiger partial charge in [-0.25, -0.2) is 0 Å². The second-order valence-corrected chi connectivity index (χ2v) is 3.57. The third-order valence-electron chi connectivity index (χ3n) is 2.43. The van der Waals surface area contributed by atoms with Crippen molar-refractivity contribution in [2.24, 2.45) is 5.84 Å². The summed E-state index contributed by atoms with van der Waals surface area (Å²) in [6.07, 6.45) is 2.08. The zero-order valence-electron chi connectivity index (χ0n) is 8.83. The summed E-state index contributed by atoms with van der Waals surface area (Å²) in [5.41, 5.74) is 5.76. The van der Waals surface area contributed by atoms with E-state index in [-0.39, 0.29) is 0 Å². The number of anilines is 1. The summed E-state index contributed by atoms with van der Waals surface area (Å²) in [6.45, 7) is 2.15. The summed E-state index contributed by atoms with van der Waals surface area (Å²) in [6, 6.07) is 10.0. The quantitative estimate of drug-likeness (QED) is 0.592. The number of rotatable bonds is 3. The van der Waals surface area contributed by atoms with Gasteiger partial charge in [0.05, 0.1) is 11.2 Å². The molecule has 0 fully saturated rings. The molecule has 1 aromatic carbocycles. The molecule has 15 heavy (non-hydrogen) atoms. The lowest BCUT2D eigenvalue weighted by Gasteiger charge is -2.07. The molecule has 0 aliphatic carbocycles. The van der Waals surface area contributed by atoms with E-state index in [9.17, 15) is 0 Å². The summed E-state index contributed by atoms with van der Waals surface area (Å²) in [5, 5.41) is 1.07. The van der Waals surface area contributed by atoms with Gasteiger partial charge in [0, 0.05) is 11.1 Å². The van der Waals surface area contributed by atoms with Crippen molar-refractivity contribution in [2.75, 3.05) is 5.43 Å². The maximum atomic E-state index is 5.50. The Morgan fingerprint density at radius 1 is 1.33 bits per heavy atom. The van der Waals surface area contributed by atoms with Gasteiger partial charge in [0.2, 0.25) is 0 Å². The van der Waals surface area contributed by atoms with Crippen LogP contribution < -0.4 is 11.3 Å². The SMILES string of the molecule is CCCc1cc(NN)c2ccccc2n1. The normalized spacial score (nSPS) is 10.5. The molecule has 0 spiro atoms. The molecule has 0 aliphatic rings. The summed E-state index contributed by atoms with van der Waals surface area (Å²) in [5.74, 6) is 5.50. The molecule has 0 amide bonds. The van der Waals surface area contributed by atoms with Crippen molar-refractivity contribution in [3.05, 3.63) is 36.0 Å². The van der Waals surface area contributed by atoms with E-state index in [0.717, 1.165) is 35.1 Å². The maximum Gasteiger partial charge on any atom is 0.0726 e. The number of hydrazine groups is 1. The number of aromatic nitrogens is 1. The van der Waals surface area contributed by atoms with Gasteiger partial charge in [-0.15, -0.1) is 0 Å². The Hall–Kier alpha value is -1.61. The first-order valence-corrected chi connectivity index (χ1v) is 5.20. The lowest BCUT2D eigenvalue weighted by molar-refractivity contribution is 0.890. The van der Waals surface area contributed by atoms with Crippen molar-refractivity contribution in [1.29, 1.82) is 0 Å². The maximum absolute atomic E-state index is 5.50. The number of para-hydroxylation sites is 1. The van der Waals surface area contributed by atoms with E-state index in [0.29, 0.717) is 0 Å². The third kappa shape index (κ3) is 1.92. The van der Waals surface area contributed by atoms with Gasteiger partial charge in [-0.05, 0) is 18.6 Å². The molecule has 3 heteroatoms. The molecule has 78 valence electrons. The standard InChI is InChI=1S/C12H15N3/c1-2-5-9-8-12(15-13)10-6-3-4-7-11(10)14-9/h3-4,6-8H,2,5,13H2,1H3,(H,14,15). The Morgan fingerprint density at radius 2 is 2.13 bits per heavy atom. The van der Waals surface area contributed by atoms with E-state index in [1.165, 1.54) is 0 Å². The van der Waals surface area contributed by atoms with E-state index >= 15 is 0 Å². The molecular weight excluding hydrogens is 186 g/mol. The summed E-state index contributed by atoms with van der Waals surface area (Å²) < 4.78 is 0. The van der Waals surface area contributed by atoms with E-state index in [4.69, 9.17) is 5.84 Å². The molecular formula is C12H15N3. The van der Waals surface area contributed by atoms with E-state index in [1.807, 2.05) is 30.3 Å². The van der Waals surface area contributed by atoms with Crippen LogP contribution in [0.2, 0.25) is 0 Å². The highest BCUT2D eigenvalue weighted by molar-refractivity contribution is 5.91. The first kappa shape index (κ1) is 9.93. The van der Waals surface area contributed by atoms with Gasteiger partial charge in [0.1, 0.15) is 0 Å². The molecule has 0 saturated heterocycles. The number of nitrogens with zero attached hydrogens (tertiary/aromatic N) is 1. The molecule has 0 unspecified atom stereocenters. The molecule has 3 N–H and O–H groups in total. The van der Waals surface area contributed by atoms with Crippen LogP contribution >= 0.6 is 0 Å². The largest absolute Gasteiger partial charge is 0.323 e. The highest BCUT2D eigenvalue weighted by atomic mass is 15.2. The third-order valence-corrected chi connectivity index (χ3v) is 2.43. The molecule has 2 rings (SSSR count). The number of benzene rings is 1. The average molecular weight is 201 g/mol. The molecule has 0 bridgehead atoms. The number of hydrogen-bond donors (Lipinski definition) is 2. The van der Waals surface area contributed by atoms with Gasteiger partial charge in [-0.1, -0.05) is 31.5 Å². The summed E-state index contributed by atoms with van der Waals surface area (Å²) >= 11 is 0. The van der Waals surface area contributed by atoms with E-state index < -0.39 is 0 Å². The minimum absolute atomic E-state index is 0.948. The van der Waals surface area contributed by atoms with Crippen LogP contribution in [0.4, 0.5) is 5.69 Å². The first-order chi connectivity index (χ1) is 7.35. The average Bonchev–Trinajstić information content (AvgIpc) is 2.28. The summed E-state index contributed by atoms with van der Waals surface area (Å²) in [4.78, 5) is 4.58. The second-order valence-electron chi connectivity index (χ2n) is 3.57. The van der Waals surface area contributed by atoms with Crippen molar-refractivity contribution in [1.82, 2.24) is 4.98 Å². The molecule has 1 heterocycles. The fourth-order valence-corrected chi connectivity index (χ4v) is 1.73. The van der Waals surface area contributed by atoms with Gasteiger partial charge in [-0.2, -0.15) is 0 Å². The Morgan fingerprint density at radius 3 is 2.87 bits per heavy atom. The molecule has 0 aliphatic heterocycles. The monoisotopic (exact) mass is 201 g/mol. The number of nitrogens with two attached hydrogens (primary N) is 1. The van der Waals surface area contributed by atoms with Crippen molar-refractivity contribution < 1.29 is 0 Å². The van der Waals surface area contributed by atoms with E-state index in [2.05, 4.69) is 17.3 Å².